The summed E-state index contributed by atoms with van der Waals surface area (Å²) in [6, 6.07) is 0. The summed E-state index contributed by atoms with van der Waals surface area (Å²) in [6.45, 7) is 0. The molecule has 0 radical (unpaired) electrons. The van der Waals surface area contributed by atoms with Crippen molar-refractivity contribution in [3.63, 3.8) is 0 Å². The van der Waals surface area contributed by atoms with Crippen LogP contribution in [-0.2, 0) is 10.1 Å². The molecule has 1 aliphatic rings. The zero-order chi connectivity index (χ0) is 9.41. The Morgan fingerprint density at radius 2 is 1.69 bits per heavy atom. The predicted octanol–water partition coefficient (Wildman–Crippen LogP) is -1.43. The molecular formula is C6H11F2NaO3S. The molecule has 74 valence electrons. The summed E-state index contributed by atoms with van der Waals surface area (Å²) in [5.74, 6) is -2.75. The number of alkyl halides is 2. The zero-order valence-electron chi connectivity index (χ0n) is 8.33. The monoisotopic (exact) mass is 224 g/mol. The molecule has 0 saturated heterocycles. The average Bonchev–Trinajstić information content (AvgIpc) is 1.83. The fraction of sp³-hybridized carbons (Fsp3) is 1.00. The van der Waals surface area contributed by atoms with Gasteiger partial charge in [0.05, 0.1) is 5.25 Å². The Kier molecular flexibility index (Phi) is 4.79. The molecule has 0 amide bonds. The van der Waals surface area contributed by atoms with Crippen molar-refractivity contribution in [1.29, 1.82) is 0 Å². The Labute approximate surface area is 99.4 Å². The molecule has 0 bridgehead atoms. The standard InChI is InChI=1S/C6H10F2O3S.Na.H/c7-6(8)3-1-5(2-4-6)12(9,10)11;;/h5H,1-4H2,(H,9,10,11);;/q;+1;-1. The van der Waals surface area contributed by atoms with Gasteiger partial charge in [0, 0.05) is 12.8 Å². The summed E-state index contributed by atoms with van der Waals surface area (Å²) >= 11 is 0. The van der Waals surface area contributed by atoms with E-state index in [1.807, 2.05) is 0 Å². The van der Waals surface area contributed by atoms with Crippen LogP contribution in [0.1, 0.15) is 27.1 Å². The summed E-state index contributed by atoms with van der Waals surface area (Å²) in [5.41, 5.74) is 0. The van der Waals surface area contributed by atoms with Gasteiger partial charge in [-0.1, -0.05) is 0 Å². The van der Waals surface area contributed by atoms with E-state index in [1.54, 1.807) is 0 Å². The van der Waals surface area contributed by atoms with Gasteiger partial charge < -0.3 is 1.43 Å². The minimum Gasteiger partial charge on any atom is -1.00 e. The Bertz CT molecular complexity index is 260. The van der Waals surface area contributed by atoms with Crippen LogP contribution in [0.2, 0.25) is 0 Å². The van der Waals surface area contributed by atoms with E-state index >= 15 is 0 Å². The maximum absolute atomic E-state index is 12.5. The molecule has 0 aliphatic heterocycles. The summed E-state index contributed by atoms with van der Waals surface area (Å²) in [4.78, 5) is 0. The molecule has 0 spiro atoms. The third kappa shape index (κ3) is 4.20. The molecule has 7 heteroatoms. The quantitative estimate of drug-likeness (QED) is 0.439. The summed E-state index contributed by atoms with van der Waals surface area (Å²) < 4.78 is 54.5. The third-order valence-electron chi connectivity index (χ3n) is 2.09. The van der Waals surface area contributed by atoms with E-state index in [0.717, 1.165) is 0 Å². The van der Waals surface area contributed by atoms with Gasteiger partial charge >= 0.3 is 29.6 Å². The van der Waals surface area contributed by atoms with Gasteiger partial charge in [0.2, 0.25) is 5.92 Å². The summed E-state index contributed by atoms with van der Waals surface area (Å²) in [7, 11) is -4.11. The van der Waals surface area contributed by atoms with Crippen LogP contribution in [0.3, 0.4) is 0 Å². The minimum absolute atomic E-state index is 0. The maximum atomic E-state index is 12.5. The van der Waals surface area contributed by atoms with Gasteiger partial charge in [-0.05, 0) is 12.8 Å². The molecule has 1 saturated carbocycles. The van der Waals surface area contributed by atoms with Crippen molar-refractivity contribution in [1.82, 2.24) is 0 Å². The van der Waals surface area contributed by atoms with Gasteiger partial charge in [-0.3, -0.25) is 4.55 Å². The van der Waals surface area contributed by atoms with Crippen LogP contribution >= 0.6 is 0 Å². The first-order valence-electron chi connectivity index (χ1n) is 3.65. The van der Waals surface area contributed by atoms with E-state index < -0.39 is 34.1 Å². The van der Waals surface area contributed by atoms with Crippen LogP contribution in [0.4, 0.5) is 8.78 Å². The minimum atomic E-state index is -4.11. The second-order valence-electron chi connectivity index (χ2n) is 3.07. The summed E-state index contributed by atoms with van der Waals surface area (Å²) in [6.07, 6.45) is -1.19. The fourth-order valence-corrected chi connectivity index (χ4v) is 2.14. The normalized spacial score (nSPS) is 23.6. The van der Waals surface area contributed by atoms with Crippen molar-refractivity contribution in [3.8, 4) is 0 Å². The fourth-order valence-electron chi connectivity index (χ4n) is 1.31. The Hall–Kier alpha value is 0.770. The molecule has 3 nitrogen and oxygen atoms in total. The third-order valence-corrected chi connectivity index (χ3v) is 3.40. The molecule has 1 aliphatic carbocycles. The molecule has 13 heavy (non-hydrogen) atoms. The molecule has 1 rings (SSSR count). The van der Waals surface area contributed by atoms with E-state index in [0.29, 0.717) is 0 Å². The van der Waals surface area contributed by atoms with Gasteiger partial charge in [0.1, 0.15) is 0 Å². The van der Waals surface area contributed by atoms with Crippen molar-refractivity contribution in [3.05, 3.63) is 0 Å². The molecule has 0 aromatic carbocycles. The molecular weight excluding hydrogens is 213 g/mol. The molecule has 0 aromatic heterocycles. The van der Waals surface area contributed by atoms with E-state index in [1.165, 1.54) is 0 Å². The molecule has 0 aromatic rings. The van der Waals surface area contributed by atoms with Crippen LogP contribution < -0.4 is 29.6 Å². The van der Waals surface area contributed by atoms with Gasteiger partial charge in [0.25, 0.3) is 10.1 Å². The topological polar surface area (TPSA) is 54.4 Å². The first-order valence-corrected chi connectivity index (χ1v) is 5.16. The second kappa shape index (κ2) is 4.53. The number of hydrogen-bond donors (Lipinski definition) is 1. The van der Waals surface area contributed by atoms with Crippen molar-refractivity contribution >= 4 is 10.1 Å². The van der Waals surface area contributed by atoms with Gasteiger partial charge in [-0.15, -0.1) is 0 Å². The van der Waals surface area contributed by atoms with E-state index in [4.69, 9.17) is 4.55 Å². The van der Waals surface area contributed by atoms with Crippen LogP contribution in [0.25, 0.3) is 0 Å². The Morgan fingerprint density at radius 3 is 2.00 bits per heavy atom. The second-order valence-corrected chi connectivity index (χ2v) is 4.77. The van der Waals surface area contributed by atoms with Crippen LogP contribution in [0.15, 0.2) is 0 Å². The Balaban J connectivity index is 0. The SMILES string of the molecule is O=S(=O)(O)C1CCC(F)(F)CC1.[H-].[Na+]. The van der Waals surface area contributed by atoms with E-state index in [-0.39, 0.29) is 43.8 Å². The average molecular weight is 224 g/mol. The molecule has 0 atom stereocenters. The number of rotatable bonds is 1. The molecule has 1 N–H and O–H groups in total. The van der Waals surface area contributed by atoms with E-state index in [9.17, 15) is 17.2 Å². The first kappa shape index (κ1) is 13.8. The van der Waals surface area contributed by atoms with Crippen molar-refractivity contribution in [2.24, 2.45) is 0 Å². The smallest absolute Gasteiger partial charge is 1.00 e. The summed E-state index contributed by atoms with van der Waals surface area (Å²) in [5, 5.41) is -0.989. The van der Waals surface area contributed by atoms with Gasteiger partial charge in [0.15, 0.2) is 0 Å². The molecule has 0 unspecified atom stereocenters. The van der Waals surface area contributed by atoms with Crippen molar-refractivity contribution in [2.45, 2.75) is 36.9 Å². The van der Waals surface area contributed by atoms with Gasteiger partial charge in [-0.25, -0.2) is 8.78 Å². The van der Waals surface area contributed by atoms with Gasteiger partial charge in [-0.2, -0.15) is 8.42 Å². The number of hydrogen-bond acceptors (Lipinski definition) is 2. The first-order chi connectivity index (χ1) is 5.31. The molecule has 1 fully saturated rings. The zero-order valence-corrected chi connectivity index (χ0v) is 10.2. The van der Waals surface area contributed by atoms with Crippen molar-refractivity contribution < 1.29 is 52.7 Å². The number of halogens is 2. The molecule has 0 heterocycles. The van der Waals surface area contributed by atoms with Crippen LogP contribution in [0, 0.1) is 0 Å². The van der Waals surface area contributed by atoms with Crippen LogP contribution in [-0.4, -0.2) is 24.1 Å². The largest absolute Gasteiger partial charge is 1.00 e. The maximum Gasteiger partial charge on any atom is 1.00 e. The predicted molar refractivity (Wildman–Crippen MR) is 39.9 cm³/mol. The van der Waals surface area contributed by atoms with Crippen LogP contribution in [0.5, 0.6) is 0 Å². The Morgan fingerprint density at radius 1 is 1.31 bits per heavy atom. The van der Waals surface area contributed by atoms with Crippen molar-refractivity contribution in [2.75, 3.05) is 0 Å². The van der Waals surface area contributed by atoms with E-state index in [2.05, 4.69) is 0 Å².